The quantitative estimate of drug-likeness (QED) is 0.489. The van der Waals surface area contributed by atoms with Gasteiger partial charge in [-0.1, -0.05) is 60.1 Å². The molecule has 0 aromatic heterocycles. The van der Waals surface area contributed by atoms with Crippen molar-refractivity contribution >= 4 is 27.5 Å². The molecular weight excluding hydrogens is 481 g/mol. The summed E-state index contributed by atoms with van der Waals surface area (Å²) < 4.78 is 70.7. The van der Waals surface area contributed by atoms with Gasteiger partial charge in [0.15, 0.2) is 0 Å². The van der Waals surface area contributed by atoms with Crippen LogP contribution in [-0.4, -0.2) is 25.0 Å². The smallest absolute Gasteiger partial charge is 0.405 e. The van der Waals surface area contributed by atoms with Crippen molar-refractivity contribution in [1.82, 2.24) is 4.31 Å². The first-order valence-electron chi connectivity index (χ1n) is 9.44. The summed E-state index contributed by atoms with van der Waals surface area (Å²) in [6.07, 6.45) is -5.00. The average molecular weight is 499 g/mol. The minimum Gasteiger partial charge on any atom is -0.405 e. The number of rotatable bonds is 8. The lowest BCUT2D eigenvalue weighted by atomic mass is 10.1. The van der Waals surface area contributed by atoms with Gasteiger partial charge in [-0.3, -0.25) is 4.79 Å². The normalized spacial score (nSPS) is 13.0. The summed E-state index contributed by atoms with van der Waals surface area (Å²) in [5, 5.41) is 0.277. The Morgan fingerprint density at radius 1 is 0.970 bits per heavy atom. The molecule has 11 heteroatoms. The summed E-state index contributed by atoms with van der Waals surface area (Å²) >= 11 is 5.86. The number of amides is 1. The van der Waals surface area contributed by atoms with Gasteiger partial charge in [0.1, 0.15) is 11.8 Å². The molecule has 0 saturated heterocycles. The minimum atomic E-state index is -5.00. The fourth-order valence-corrected chi connectivity index (χ4v) is 4.88. The second-order valence-electron chi connectivity index (χ2n) is 6.88. The van der Waals surface area contributed by atoms with E-state index in [1.165, 1.54) is 54.6 Å². The summed E-state index contributed by atoms with van der Waals surface area (Å²) in [6.45, 7) is -0.625. The molecule has 3 aromatic rings. The van der Waals surface area contributed by atoms with E-state index in [2.05, 4.69) is 4.74 Å². The van der Waals surface area contributed by atoms with Crippen LogP contribution in [0.1, 0.15) is 17.2 Å². The maximum atomic E-state index is 13.6. The van der Waals surface area contributed by atoms with E-state index in [9.17, 15) is 26.4 Å². The summed E-state index contributed by atoms with van der Waals surface area (Å²) in [7, 11) is -4.43. The fourth-order valence-electron chi connectivity index (χ4n) is 3.19. The van der Waals surface area contributed by atoms with Crippen molar-refractivity contribution < 1.29 is 31.1 Å². The number of ether oxygens (including phenoxy) is 1. The maximum Gasteiger partial charge on any atom is 0.573 e. The third kappa shape index (κ3) is 6.04. The molecule has 174 valence electrons. The number of carbonyl (C=O) groups excluding carboxylic acids is 1. The second kappa shape index (κ2) is 9.82. The number of para-hydroxylation sites is 1. The monoisotopic (exact) mass is 498 g/mol. The molecule has 1 atom stereocenters. The van der Waals surface area contributed by atoms with Crippen molar-refractivity contribution in [3.63, 3.8) is 0 Å². The number of sulfonamides is 1. The summed E-state index contributed by atoms with van der Waals surface area (Å²) in [4.78, 5) is 12.2. The number of halogens is 4. The zero-order valence-corrected chi connectivity index (χ0v) is 18.4. The van der Waals surface area contributed by atoms with E-state index in [0.29, 0.717) is 0 Å². The molecule has 0 fully saturated rings. The van der Waals surface area contributed by atoms with Crippen LogP contribution in [0, 0.1) is 0 Å². The Morgan fingerprint density at radius 3 is 2.12 bits per heavy atom. The molecular formula is C22H18ClF3N2O4S. The lowest BCUT2D eigenvalue weighted by Gasteiger charge is -2.30. The van der Waals surface area contributed by atoms with Crippen LogP contribution in [-0.2, 0) is 21.4 Å². The zero-order chi connectivity index (χ0) is 24.2. The molecule has 0 heterocycles. The van der Waals surface area contributed by atoms with E-state index in [4.69, 9.17) is 17.3 Å². The van der Waals surface area contributed by atoms with Gasteiger partial charge in [0, 0.05) is 17.1 Å². The molecule has 1 amide bonds. The van der Waals surface area contributed by atoms with Gasteiger partial charge in [0.25, 0.3) is 0 Å². The van der Waals surface area contributed by atoms with Crippen LogP contribution in [0.4, 0.5) is 13.2 Å². The highest BCUT2D eigenvalue weighted by molar-refractivity contribution is 7.89. The molecule has 2 N–H and O–H groups in total. The predicted octanol–water partition coefficient (Wildman–Crippen LogP) is 4.66. The summed E-state index contributed by atoms with van der Waals surface area (Å²) in [5.41, 5.74) is 5.72. The predicted molar refractivity (Wildman–Crippen MR) is 116 cm³/mol. The first kappa shape index (κ1) is 24.6. The SMILES string of the molecule is NC(=O)C(c1ccccc1)N(Cc1ccccc1OC(F)(F)F)S(=O)(=O)c1ccc(Cl)cc1. The van der Waals surface area contributed by atoms with Crippen LogP contribution in [0.15, 0.2) is 83.8 Å². The van der Waals surface area contributed by atoms with Gasteiger partial charge in [-0.2, -0.15) is 4.31 Å². The Balaban J connectivity index is 2.16. The molecule has 3 rings (SSSR count). The maximum absolute atomic E-state index is 13.6. The molecule has 0 aliphatic heterocycles. The van der Waals surface area contributed by atoms with Gasteiger partial charge in [-0.25, -0.2) is 8.42 Å². The Bertz CT molecular complexity index is 1220. The van der Waals surface area contributed by atoms with Crippen LogP contribution in [0.5, 0.6) is 5.75 Å². The molecule has 33 heavy (non-hydrogen) atoms. The van der Waals surface area contributed by atoms with Crippen molar-refractivity contribution in [2.24, 2.45) is 5.73 Å². The molecule has 0 spiro atoms. The van der Waals surface area contributed by atoms with Crippen LogP contribution >= 0.6 is 11.6 Å². The Labute approximate surface area is 193 Å². The van der Waals surface area contributed by atoms with E-state index >= 15 is 0 Å². The summed E-state index contributed by atoms with van der Waals surface area (Å²) in [5.74, 6) is -1.61. The molecule has 3 aromatic carbocycles. The average Bonchev–Trinajstić information content (AvgIpc) is 2.74. The van der Waals surface area contributed by atoms with Crippen molar-refractivity contribution in [2.75, 3.05) is 0 Å². The van der Waals surface area contributed by atoms with Gasteiger partial charge in [-0.05, 0) is 35.9 Å². The van der Waals surface area contributed by atoms with Crippen molar-refractivity contribution in [3.05, 3.63) is 95.0 Å². The lowest BCUT2D eigenvalue weighted by molar-refractivity contribution is -0.275. The van der Waals surface area contributed by atoms with Gasteiger partial charge in [0.05, 0.1) is 4.90 Å². The third-order valence-electron chi connectivity index (χ3n) is 4.62. The van der Waals surface area contributed by atoms with E-state index in [1.54, 1.807) is 18.2 Å². The highest BCUT2D eigenvalue weighted by Gasteiger charge is 2.38. The first-order valence-corrected chi connectivity index (χ1v) is 11.3. The van der Waals surface area contributed by atoms with Gasteiger partial charge in [0.2, 0.25) is 15.9 Å². The number of primary amides is 1. The highest BCUT2D eigenvalue weighted by atomic mass is 35.5. The van der Waals surface area contributed by atoms with Gasteiger partial charge in [-0.15, -0.1) is 13.2 Å². The van der Waals surface area contributed by atoms with Crippen molar-refractivity contribution in [3.8, 4) is 5.75 Å². The molecule has 1 unspecified atom stereocenters. The molecule has 0 bridgehead atoms. The fraction of sp³-hybridized carbons (Fsp3) is 0.136. The Kier molecular flexibility index (Phi) is 7.31. The van der Waals surface area contributed by atoms with Crippen LogP contribution < -0.4 is 10.5 Å². The minimum absolute atomic E-state index is 0.116. The number of nitrogens with zero attached hydrogens (tertiary/aromatic N) is 1. The molecule has 0 saturated carbocycles. The molecule has 0 aliphatic rings. The van der Waals surface area contributed by atoms with Crippen LogP contribution in [0.2, 0.25) is 5.02 Å². The van der Waals surface area contributed by atoms with Gasteiger partial charge >= 0.3 is 6.36 Å². The highest BCUT2D eigenvalue weighted by Crippen LogP contribution is 2.34. The number of alkyl halides is 3. The van der Waals surface area contributed by atoms with Crippen molar-refractivity contribution in [2.45, 2.75) is 23.8 Å². The zero-order valence-electron chi connectivity index (χ0n) is 16.9. The van der Waals surface area contributed by atoms with E-state index in [0.717, 1.165) is 10.4 Å². The Morgan fingerprint density at radius 2 is 1.55 bits per heavy atom. The molecule has 0 radical (unpaired) electrons. The molecule has 0 aliphatic carbocycles. The topological polar surface area (TPSA) is 89.7 Å². The second-order valence-corrected chi connectivity index (χ2v) is 9.20. The van der Waals surface area contributed by atoms with E-state index in [1.807, 2.05) is 0 Å². The van der Waals surface area contributed by atoms with Gasteiger partial charge < -0.3 is 10.5 Å². The Hall–Kier alpha value is -3.08. The number of benzene rings is 3. The number of hydrogen-bond donors (Lipinski definition) is 1. The largest absolute Gasteiger partial charge is 0.573 e. The van der Waals surface area contributed by atoms with E-state index in [-0.39, 0.29) is 21.0 Å². The number of carbonyl (C=O) groups is 1. The van der Waals surface area contributed by atoms with Crippen LogP contribution in [0.25, 0.3) is 0 Å². The number of hydrogen-bond acceptors (Lipinski definition) is 4. The first-order chi connectivity index (χ1) is 15.5. The third-order valence-corrected chi connectivity index (χ3v) is 6.69. The molecule has 6 nitrogen and oxygen atoms in total. The summed E-state index contributed by atoms with van der Waals surface area (Å²) in [6, 6.07) is 16.5. The lowest BCUT2D eigenvalue weighted by Crippen LogP contribution is -2.41. The van der Waals surface area contributed by atoms with Crippen molar-refractivity contribution in [1.29, 1.82) is 0 Å². The standard InChI is InChI=1S/C22H18ClF3N2O4S/c23-17-10-12-18(13-11-17)33(30,31)28(20(21(27)29)15-6-2-1-3-7-15)14-16-8-4-5-9-19(16)32-22(24,25)26/h1-13,20H,14H2,(H2,27,29). The van der Waals surface area contributed by atoms with E-state index < -0.39 is 40.6 Å². The number of nitrogens with two attached hydrogens (primary N) is 1. The van der Waals surface area contributed by atoms with Crippen LogP contribution in [0.3, 0.4) is 0 Å².